The Morgan fingerprint density at radius 2 is 1.85 bits per heavy atom. The van der Waals surface area contributed by atoms with E-state index in [4.69, 9.17) is 28.9 Å². The van der Waals surface area contributed by atoms with E-state index in [9.17, 15) is 4.79 Å². The van der Waals surface area contributed by atoms with Gasteiger partial charge in [0.1, 0.15) is 0 Å². The Balaban J connectivity index is 2.67. The summed E-state index contributed by atoms with van der Waals surface area (Å²) >= 11 is 15.5. The SMILES string of the molecule is COC(=O)c1nc(-c2ccc(Br)cc2)c(Cl)c(N)c1Cl. The van der Waals surface area contributed by atoms with Crippen LogP contribution in [0.4, 0.5) is 5.69 Å². The Morgan fingerprint density at radius 1 is 1.25 bits per heavy atom. The lowest BCUT2D eigenvalue weighted by Gasteiger charge is -2.11. The van der Waals surface area contributed by atoms with E-state index in [2.05, 4.69) is 25.7 Å². The first-order valence-corrected chi connectivity index (χ1v) is 6.99. The molecule has 1 heterocycles. The van der Waals surface area contributed by atoms with Crippen LogP contribution in [0.5, 0.6) is 0 Å². The third-order valence-electron chi connectivity index (χ3n) is 2.61. The van der Waals surface area contributed by atoms with Crippen LogP contribution in [0.25, 0.3) is 11.3 Å². The van der Waals surface area contributed by atoms with Gasteiger partial charge in [0, 0.05) is 10.0 Å². The van der Waals surface area contributed by atoms with Crippen LogP contribution in [-0.2, 0) is 4.74 Å². The minimum Gasteiger partial charge on any atom is -0.464 e. The van der Waals surface area contributed by atoms with Crippen molar-refractivity contribution in [1.29, 1.82) is 0 Å². The summed E-state index contributed by atoms with van der Waals surface area (Å²) in [6, 6.07) is 7.26. The van der Waals surface area contributed by atoms with Crippen LogP contribution in [0, 0.1) is 0 Å². The first kappa shape index (κ1) is 15.1. The van der Waals surface area contributed by atoms with Crippen LogP contribution in [0.3, 0.4) is 0 Å². The van der Waals surface area contributed by atoms with E-state index in [0.29, 0.717) is 11.3 Å². The molecule has 0 amide bonds. The van der Waals surface area contributed by atoms with Crippen LogP contribution < -0.4 is 5.73 Å². The molecule has 2 rings (SSSR count). The van der Waals surface area contributed by atoms with Crippen molar-refractivity contribution in [3.05, 3.63) is 44.5 Å². The summed E-state index contributed by atoms with van der Waals surface area (Å²) in [4.78, 5) is 15.8. The maximum absolute atomic E-state index is 11.7. The third-order valence-corrected chi connectivity index (χ3v) is 3.90. The van der Waals surface area contributed by atoms with Gasteiger partial charge in [-0.25, -0.2) is 9.78 Å². The summed E-state index contributed by atoms with van der Waals surface area (Å²) in [7, 11) is 1.24. The van der Waals surface area contributed by atoms with Crippen LogP contribution in [0.1, 0.15) is 10.5 Å². The van der Waals surface area contributed by atoms with Gasteiger partial charge in [-0.15, -0.1) is 0 Å². The summed E-state index contributed by atoms with van der Waals surface area (Å²) in [6.07, 6.45) is 0. The Bertz CT molecular complexity index is 675. The molecule has 0 spiro atoms. The number of anilines is 1. The molecular formula is C13H9BrCl2N2O2. The quantitative estimate of drug-likeness (QED) is 0.799. The molecule has 0 bridgehead atoms. The topological polar surface area (TPSA) is 65.2 Å². The Labute approximate surface area is 134 Å². The van der Waals surface area contributed by atoms with Gasteiger partial charge in [0.05, 0.1) is 28.5 Å². The largest absolute Gasteiger partial charge is 0.464 e. The summed E-state index contributed by atoms with van der Waals surface area (Å²) < 4.78 is 5.54. The number of aromatic nitrogens is 1. The molecule has 0 fully saturated rings. The standard InChI is InChI=1S/C13H9BrCl2N2O2/c1-20-13(19)12-9(16)10(17)8(15)11(18-12)6-2-4-7(14)5-3-6/h2-5H,1H3,(H2,17,18). The van der Waals surface area contributed by atoms with Gasteiger partial charge in [0.25, 0.3) is 0 Å². The molecule has 0 saturated heterocycles. The van der Waals surface area contributed by atoms with Crippen LogP contribution in [0.2, 0.25) is 10.0 Å². The number of esters is 1. The van der Waals surface area contributed by atoms with Crippen molar-refractivity contribution >= 4 is 50.8 Å². The van der Waals surface area contributed by atoms with Gasteiger partial charge in [-0.3, -0.25) is 0 Å². The second kappa shape index (κ2) is 5.99. The van der Waals surface area contributed by atoms with Crippen molar-refractivity contribution < 1.29 is 9.53 Å². The van der Waals surface area contributed by atoms with Crippen molar-refractivity contribution in [2.24, 2.45) is 0 Å². The summed E-state index contributed by atoms with van der Waals surface area (Å²) in [5.41, 5.74) is 6.95. The molecule has 2 N–H and O–H groups in total. The molecule has 1 aromatic heterocycles. The van der Waals surface area contributed by atoms with Gasteiger partial charge < -0.3 is 10.5 Å². The molecule has 0 aliphatic heterocycles. The van der Waals surface area contributed by atoms with Gasteiger partial charge >= 0.3 is 5.97 Å². The lowest BCUT2D eigenvalue weighted by atomic mass is 10.1. The fourth-order valence-electron chi connectivity index (χ4n) is 1.59. The Morgan fingerprint density at radius 3 is 2.40 bits per heavy atom. The normalized spacial score (nSPS) is 10.4. The molecule has 0 unspecified atom stereocenters. The van der Waals surface area contributed by atoms with E-state index in [1.54, 1.807) is 12.1 Å². The molecule has 0 aliphatic carbocycles. The van der Waals surface area contributed by atoms with E-state index in [1.807, 2.05) is 12.1 Å². The molecule has 2 aromatic rings. The molecule has 0 saturated carbocycles. The highest BCUT2D eigenvalue weighted by Gasteiger charge is 2.21. The Hall–Kier alpha value is -1.30. The number of hydrogen-bond acceptors (Lipinski definition) is 4. The summed E-state index contributed by atoms with van der Waals surface area (Å²) in [5, 5.41) is 0.188. The lowest BCUT2D eigenvalue weighted by Crippen LogP contribution is -2.08. The predicted molar refractivity (Wildman–Crippen MR) is 83.1 cm³/mol. The van der Waals surface area contributed by atoms with E-state index >= 15 is 0 Å². The van der Waals surface area contributed by atoms with E-state index in [0.717, 1.165) is 4.47 Å². The number of hydrogen-bond donors (Lipinski definition) is 1. The highest BCUT2D eigenvalue weighted by atomic mass is 79.9. The zero-order valence-electron chi connectivity index (χ0n) is 10.3. The second-order valence-corrected chi connectivity index (χ2v) is 5.52. The first-order chi connectivity index (χ1) is 9.45. The second-order valence-electron chi connectivity index (χ2n) is 3.85. The maximum Gasteiger partial charge on any atom is 0.358 e. The Kier molecular flexibility index (Phi) is 4.52. The highest BCUT2D eigenvalue weighted by Crippen LogP contribution is 2.37. The van der Waals surface area contributed by atoms with Gasteiger partial charge in [-0.05, 0) is 12.1 Å². The van der Waals surface area contributed by atoms with Crippen molar-refractivity contribution in [3.8, 4) is 11.3 Å². The number of benzene rings is 1. The summed E-state index contributed by atoms with van der Waals surface area (Å²) in [5.74, 6) is -0.670. The van der Waals surface area contributed by atoms with Crippen molar-refractivity contribution in [2.45, 2.75) is 0 Å². The van der Waals surface area contributed by atoms with E-state index < -0.39 is 5.97 Å². The van der Waals surface area contributed by atoms with Gasteiger partial charge in [0.2, 0.25) is 0 Å². The molecule has 0 atom stereocenters. The minimum absolute atomic E-state index is 0.0114. The van der Waals surface area contributed by atoms with Crippen LogP contribution >= 0.6 is 39.1 Å². The van der Waals surface area contributed by atoms with Gasteiger partial charge in [-0.2, -0.15) is 0 Å². The van der Waals surface area contributed by atoms with Gasteiger partial charge in [-0.1, -0.05) is 51.3 Å². The van der Waals surface area contributed by atoms with Crippen LogP contribution in [-0.4, -0.2) is 18.1 Å². The number of carbonyl (C=O) groups excluding carboxylic acids is 1. The molecule has 0 aliphatic rings. The molecule has 104 valence electrons. The molecular weight excluding hydrogens is 367 g/mol. The zero-order chi connectivity index (χ0) is 14.9. The van der Waals surface area contributed by atoms with Crippen molar-refractivity contribution in [3.63, 3.8) is 0 Å². The monoisotopic (exact) mass is 374 g/mol. The van der Waals surface area contributed by atoms with Gasteiger partial charge in [0.15, 0.2) is 5.69 Å². The number of halogens is 3. The smallest absolute Gasteiger partial charge is 0.358 e. The van der Waals surface area contributed by atoms with Crippen molar-refractivity contribution in [1.82, 2.24) is 4.98 Å². The zero-order valence-corrected chi connectivity index (χ0v) is 13.4. The number of pyridine rings is 1. The molecule has 7 heteroatoms. The minimum atomic E-state index is -0.670. The predicted octanol–water partition coefficient (Wildman–Crippen LogP) is 4.19. The van der Waals surface area contributed by atoms with E-state index in [1.165, 1.54) is 7.11 Å². The van der Waals surface area contributed by atoms with E-state index in [-0.39, 0.29) is 21.4 Å². The molecule has 0 radical (unpaired) electrons. The number of ether oxygens (including phenoxy) is 1. The molecule has 1 aromatic carbocycles. The molecule has 20 heavy (non-hydrogen) atoms. The number of rotatable bonds is 2. The number of methoxy groups -OCH3 is 1. The maximum atomic E-state index is 11.7. The fourth-order valence-corrected chi connectivity index (χ4v) is 2.36. The fraction of sp³-hybridized carbons (Fsp3) is 0.0769. The highest BCUT2D eigenvalue weighted by molar-refractivity contribution is 9.10. The summed E-state index contributed by atoms with van der Waals surface area (Å²) in [6.45, 7) is 0. The number of nitrogen functional groups attached to an aromatic ring is 1. The average molecular weight is 376 g/mol. The molecule has 4 nitrogen and oxygen atoms in total. The number of carbonyl (C=O) groups is 1. The average Bonchev–Trinajstić information content (AvgIpc) is 2.45. The first-order valence-electron chi connectivity index (χ1n) is 5.44. The van der Waals surface area contributed by atoms with Crippen LogP contribution in [0.15, 0.2) is 28.7 Å². The third kappa shape index (κ3) is 2.75. The number of nitrogens with zero attached hydrogens (tertiary/aromatic N) is 1. The van der Waals surface area contributed by atoms with Crippen molar-refractivity contribution in [2.75, 3.05) is 12.8 Å². The lowest BCUT2D eigenvalue weighted by molar-refractivity contribution is 0.0594. The number of nitrogens with two attached hydrogens (primary N) is 1.